The van der Waals surface area contributed by atoms with Gasteiger partial charge < -0.3 is 15.3 Å². The van der Waals surface area contributed by atoms with Crippen LogP contribution >= 0.6 is 0 Å². The van der Waals surface area contributed by atoms with Crippen LogP contribution in [0.2, 0.25) is 0 Å². The summed E-state index contributed by atoms with van der Waals surface area (Å²) in [6, 6.07) is 7.74. The van der Waals surface area contributed by atoms with Gasteiger partial charge >= 0.3 is 5.97 Å². The molecule has 0 aromatic heterocycles. The zero-order valence-electron chi connectivity index (χ0n) is 12.5. The molecule has 0 unspecified atom stereocenters. The molecule has 22 heavy (non-hydrogen) atoms. The fourth-order valence-electron chi connectivity index (χ4n) is 2.67. The number of hydrogen-bond donors (Lipinski definition) is 2. The van der Waals surface area contributed by atoms with Crippen molar-refractivity contribution >= 4 is 17.8 Å². The second-order valence-electron chi connectivity index (χ2n) is 5.48. The van der Waals surface area contributed by atoms with E-state index in [9.17, 15) is 14.4 Å². The van der Waals surface area contributed by atoms with Crippen molar-refractivity contribution in [3.05, 3.63) is 35.9 Å². The standard InChI is InChI=1S/C16H20N2O4/c1-11(15(20)18-9-5-8-13(18)16(21)22)17-14(19)10-12-6-3-2-4-7-12/h2-4,6-7,11,13H,5,8-10H2,1H3,(H,17,19)(H,21,22)/t11-,13-/m0/s1. The maximum absolute atomic E-state index is 12.3. The summed E-state index contributed by atoms with van der Waals surface area (Å²) in [5.74, 6) is -1.59. The van der Waals surface area contributed by atoms with Crippen LogP contribution in [0.25, 0.3) is 0 Å². The van der Waals surface area contributed by atoms with Gasteiger partial charge in [0.05, 0.1) is 6.42 Å². The number of aliphatic carboxylic acids is 1. The fourth-order valence-corrected chi connectivity index (χ4v) is 2.67. The first kappa shape index (κ1) is 16.0. The lowest BCUT2D eigenvalue weighted by molar-refractivity contribution is -0.149. The summed E-state index contributed by atoms with van der Waals surface area (Å²) in [6.07, 6.45) is 1.33. The van der Waals surface area contributed by atoms with Gasteiger partial charge in [0.15, 0.2) is 0 Å². The highest BCUT2D eigenvalue weighted by molar-refractivity contribution is 5.91. The number of nitrogens with zero attached hydrogens (tertiary/aromatic N) is 1. The van der Waals surface area contributed by atoms with E-state index < -0.39 is 18.1 Å². The van der Waals surface area contributed by atoms with E-state index in [2.05, 4.69) is 5.32 Å². The van der Waals surface area contributed by atoms with Crippen molar-refractivity contribution in [1.82, 2.24) is 10.2 Å². The van der Waals surface area contributed by atoms with Gasteiger partial charge in [-0.2, -0.15) is 0 Å². The van der Waals surface area contributed by atoms with E-state index in [-0.39, 0.29) is 18.2 Å². The summed E-state index contributed by atoms with van der Waals surface area (Å²) in [5, 5.41) is 11.8. The summed E-state index contributed by atoms with van der Waals surface area (Å²) < 4.78 is 0. The van der Waals surface area contributed by atoms with Crippen LogP contribution < -0.4 is 5.32 Å². The molecule has 0 saturated carbocycles. The summed E-state index contributed by atoms with van der Waals surface area (Å²) in [7, 11) is 0. The number of carboxylic acid groups (broad SMARTS) is 1. The lowest BCUT2D eigenvalue weighted by Gasteiger charge is -2.25. The van der Waals surface area contributed by atoms with Crippen LogP contribution in [-0.4, -0.2) is 46.4 Å². The fraction of sp³-hybridized carbons (Fsp3) is 0.438. The molecule has 0 bridgehead atoms. The Morgan fingerprint density at radius 1 is 1.32 bits per heavy atom. The smallest absolute Gasteiger partial charge is 0.326 e. The van der Waals surface area contributed by atoms with Crippen LogP contribution in [0.15, 0.2) is 30.3 Å². The molecule has 1 heterocycles. The average Bonchev–Trinajstić information content (AvgIpc) is 2.96. The van der Waals surface area contributed by atoms with E-state index >= 15 is 0 Å². The number of amides is 2. The van der Waals surface area contributed by atoms with Gasteiger partial charge in [-0.05, 0) is 25.3 Å². The first-order valence-corrected chi connectivity index (χ1v) is 7.35. The van der Waals surface area contributed by atoms with Crippen LogP contribution in [0.1, 0.15) is 25.3 Å². The van der Waals surface area contributed by atoms with Crippen LogP contribution in [0.3, 0.4) is 0 Å². The van der Waals surface area contributed by atoms with E-state index in [4.69, 9.17) is 5.11 Å². The molecule has 1 aromatic carbocycles. The molecule has 2 amide bonds. The minimum Gasteiger partial charge on any atom is -0.480 e. The first-order chi connectivity index (χ1) is 10.5. The van der Waals surface area contributed by atoms with E-state index in [1.165, 1.54) is 4.90 Å². The Bertz CT molecular complexity index is 559. The van der Waals surface area contributed by atoms with Gasteiger partial charge in [-0.3, -0.25) is 9.59 Å². The molecule has 1 fully saturated rings. The second kappa shape index (κ2) is 7.06. The number of carbonyl (C=O) groups excluding carboxylic acids is 2. The molecule has 2 N–H and O–H groups in total. The number of hydrogen-bond acceptors (Lipinski definition) is 3. The van der Waals surface area contributed by atoms with E-state index in [1.54, 1.807) is 6.92 Å². The lowest BCUT2D eigenvalue weighted by atomic mass is 10.1. The maximum Gasteiger partial charge on any atom is 0.326 e. The molecule has 2 atom stereocenters. The molecular formula is C16H20N2O4. The Balaban J connectivity index is 1.91. The lowest BCUT2D eigenvalue weighted by Crippen LogP contribution is -2.50. The summed E-state index contributed by atoms with van der Waals surface area (Å²) in [6.45, 7) is 2.01. The third-order valence-electron chi connectivity index (χ3n) is 3.78. The number of carbonyl (C=O) groups is 3. The molecule has 0 aliphatic carbocycles. The maximum atomic E-state index is 12.3. The highest BCUT2D eigenvalue weighted by atomic mass is 16.4. The normalized spacial score (nSPS) is 18.8. The highest BCUT2D eigenvalue weighted by Crippen LogP contribution is 2.18. The molecule has 0 radical (unpaired) electrons. The van der Waals surface area contributed by atoms with Gasteiger partial charge in [-0.15, -0.1) is 0 Å². The monoisotopic (exact) mass is 304 g/mol. The average molecular weight is 304 g/mol. The molecule has 2 rings (SSSR count). The quantitative estimate of drug-likeness (QED) is 0.843. The van der Waals surface area contributed by atoms with Crippen molar-refractivity contribution in [3.63, 3.8) is 0 Å². The Morgan fingerprint density at radius 3 is 2.64 bits per heavy atom. The van der Waals surface area contributed by atoms with Crippen molar-refractivity contribution in [3.8, 4) is 0 Å². The van der Waals surface area contributed by atoms with E-state index in [0.29, 0.717) is 19.4 Å². The molecule has 1 aliphatic heterocycles. The summed E-state index contributed by atoms with van der Waals surface area (Å²) >= 11 is 0. The van der Waals surface area contributed by atoms with Crippen LogP contribution in [0.5, 0.6) is 0 Å². The molecule has 1 saturated heterocycles. The van der Waals surface area contributed by atoms with Crippen LogP contribution in [0.4, 0.5) is 0 Å². The number of benzene rings is 1. The van der Waals surface area contributed by atoms with Crippen molar-refractivity contribution in [1.29, 1.82) is 0 Å². The molecule has 6 heteroatoms. The Labute approximate surface area is 129 Å². The van der Waals surface area contributed by atoms with Gasteiger partial charge in [0, 0.05) is 6.54 Å². The second-order valence-corrected chi connectivity index (χ2v) is 5.48. The topological polar surface area (TPSA) is 86.7 Å². The largest absolute Gasteiger partial charge is 0.480 e. The number of nitrogens with one attached hydrogen (secondary N) is 1. The van der Waals surface area contributed by atoms with E-state index in [0.717, 1.165) is 5.56 Å². The van der Waals surface area contributed by atoms with Gasteiger partial charge in [0.2, 0.25) is 11.8 Å². The molecule has 1 aromatic rings. The summed E-state index contributed by atoms with van der Waals surface area (Å²) in [5.41, 5.74) is 0.865. The van der Waals surface area contributed by atoms with Gasteiger partial charge in [0.1, 0.15) is 12.1 Å². The minimum atomic E-state index is -0.992. The van der Waals surface area contributed by atoms with Gasteiger partial charge in [-0.25, -0.2) is 4.79 Å². The number of likely N-dealkylation sites (tertiary alicyclic amines) is 1. The Kier molecular flexibility index (Phi) is 5.14. The molecule has 6 nitrogen and oxygen atoms in total. The zero-order valence-corrected chi connectivity index (χ0v) is 12.5. The molecule has 0 spiro atoms. The molecule has 118 valence electrons. The Morgan fingerprint density at radius 2 is 2.00 bits per heavy atom. The number of carboxylic acids is 1. The van der Waals surface area contributed by atoms with Crippen molar-refractivity contribution in [2.75, 3.05) is 6.54 Å². The SMILES string of the molecule is C[C@H](NC(=O)Cc1ccccc1)C(=O)N1CCC[C@H]1C(=O)O. The first-order valence-electron chi connectivity index (χ1n) is 7.35. The predicted octanol–water partition coefficient (Wildman–Crippen LogP) is 0.809. The number of rotatable bonds is 5. The third kappa shape index (κ3) is 3.84. The van der Waals surface area contributed by atoms with Crippen LogP contribution in [0, 0.1) is 0 Å². The zero-order chi connectivity index (χ0) is 16.1. The van der Waals surface area contributed by atoms with Gasteiger partial charge in [0.25, 0.3) is 0 Å². The summed E-state index contributed by atoms with van der Waals surface area (Å²) in [4.78, 5) is 36.7. The Hall–Kier alpha value is -2.37. The van der Waals surface area contributed by atoms with Crippen molar-refractivity contribution < 1.29 is 19.5 Å². The molecular weight excluding hydrogens is 284 g/mol. The molecule has 1 aliphatic rings. The minimum absolute atomic E-state index is 0.195. The van der Waals surface area contributed by atoms with Gasteiger partial charge in [-0.1, -0.05) is 30.3 Å². The van der Waals surface area contributed by atoms with E-state index in [1.807, 2.05) is 30.3 Å². The third-order valence-corrected chi connectivity index (χ3v) is 3.78. The van der Waals surface area contributed by atoms with Crippen LogP contribution in [-0.2, 0) is 20.8 Å². The highest BCUT2D eigenvalue weighted by Gasteiger charge is 2.36. The van der Waals surface area contributed by atoms with Crippen molar-refractivity contribution in [2.24, 2.45) is 0 Å². The predicted molar refractivity (Wildman–Crippen MR) is 80.1 cm³/mol. The van der Waals surface area contributed by atoms with Crippen molar-refractivity contribution in [2.45, 2.75) is 38.3 Å².